The van der Waals surface area contributed by atoms with Crippen LogP contribution in [0.15, 0.2) is 53.4 Å². The lowest BCUT2D eigenvalue weighted by atomic mass is 10.2. The third-order valence-electron chi connectivity index (χ3n) is 4.50. The van der Waals surface area contributed by atoms with Gasteiger partial charge in [-0.25, -0.2) is 16.8 Å². The number of nitrogens with zero attached hydrogens (tertiary/aromatic N) is 1. The molecule has 1 unspecified atom stereocenters. The maximum Gasteiger partial charge on any atom is 0.243 e. The Balaban J connectivity index is 1.77. The fourth-order valence-electron chi connectivity index (χ4n) is 2.89. The zero-order chi connectivity index (χ0) is 18.9. The zero-order valence-corrected chi connectivity index (χ0v) is 16.3. The molecule has 0 bridgehead atoms. The lowest BCUT2D eigenvalue weighted by Crippen LogP contribution is -2.31. The molecule has 0 spiro atoms. The van der Waals surface area contributed by atoms with Crippen molar-refractivity contribution in [3.63, 3.8) is 0 Å². The first-order valence-corrected chi connectivity index (χ1v) is 11.6. The van der Waals surface area contributed by atoms with E-state index in [1.54, 1.807) is 12.1 Å². The van der Waals surface area contributed by atoms with Gasteiger partial charge in [-0.1, -0.05) is 18.2 Å². The molecule has 1 aliphatic heterocycles. The maximum absolute atomic E-state index is 12.7. The van der Waals surface area contributed by atoms with Crippen LogP contribution in [-0.2, 0) is 19.9 Å². The van der Waals surface area contributed by atoms with Gasteiger partial charge in [0.1, 0.15) is 11.5 Å². The van der Waals surface area contributed by atoms with Gasteiger partial charge in [-0.05, 0) is 49.2 Å². The number of para-hydroxylation sites is 1. The minimum Gasteiger partial charge on any atom is -0.457 e. The Bertz CT molecular complexity index is 998. The van der Waals surface area contributed by atoms with E-state index in [9.17, 15) is 16.8 Å². The van der Waals surface area contributed by atoms with E-state index in [0.717, 1.165) is 11.8 Å². The Morgan fingerprint density at radius 3 is 2.23 bits per heavy atom. The molecule has 1 heterocycles. The standard InChI is InChI=1S/C18H21NO5S2/c1-14-5-3-4-6-18(14)24-15-7-9-16(10-8-15)26(22,23)19-12-11-17(13-19)25(2,20)21/h3-10,17H,11-13H2,1-2H3. The fraction of sp³-hybridized carbons (Fsp3) is 0.333. The molecular weight excluding hydrogens is 374 g/mol. The molecule has 0 amide bonds. The summed E-state index contributed by atoms with van der Waals surface area (Å²) in [5.74, 6) is 1.24. The molecule has 0 N–H and O–H groups in total. The van der Waals surface area contributed by atoms with Gasteiger partial charge in [0.15, 0.2) is 9.84 Å². The Kier molecular flexibility index (Phi) is 5.09. The predicted molar refractivity (Wildman–Crippen MR) is 99.7 cm³/mol. The summed E-state index contributed by atoms with van der Waals surface area (Å²) in [6.45, 7) is 2.14. The number of aryl methyl sites for hydroxylation is 1. The normalized spacial score (nSPS) is 18.8. The van der Waals surface area contributed by atoms with Gasteiger partial charge >= 0.3 is 0 Å². The van der Waals surface area contributed by atoms with Crippen LogP contribution in [0.1, 0.15) is 12.0 Å². The first-order chi connectivity index (χ1) is 12.2. The van der Waals surface area contributed by atoms with Crippen LogP contribution in [0.3, 0.4) is 0 Å². The second kappa shape index (κ2) is 7.02. The van der Waals surface area contributed by atoms with Crippen LogP contribution < -0.4 is 4.74 Å². The highest BCUT2D eigenvalue weighted by Gasteiger charge is 2.36. The highest BCUT2D eigenvalue weighted by atomic mass is 32.2. The first kappa shape index (κ1) is 18.9. The van der Waals surface area contributed by atoms with Gasteiger partial charge in [-0.3, -0.25) is 0 Å². The fourth-order valence-corrected chi connectivity index (χ4v) is 5.47. The molecule has 0 radical (unpaired) electrons. The van der Waals surface area contributed by atoms with E-state index in [4.69, 9.17) is 4.74 Å². The van der Waals surface area contributed by atoms with Crippen LogP contribution in [0.4, 0.5) is 0 Å². The molecule has 26 heavy (non-hydrogen) atoms. The summed E-state index contributed by atoms with van der Waals surface area (Å²) in [5.41, 5.74) is 0.980. The van der Waals surface area contributed by atoms with Gasteiger partial charge in [0, 0.05) is 19.3 Å². The Labute approximate surface area is 154 Å². The second-order valence-corrected chi connectivity index (χ2v) is 10.7. The smallest absolute Gasteiger partial charge is 0.243 e. The van der Waals surface area contributed by atoms with Gasteiger partial charge in [-0.2, -0.15) is 4.31 Å². The van der Waals surface area contributed by atoms with Crippen molar-refractivity contribution in [2.45, 2.75) is 23.5 Å². The van der Waals surface area contributed by atoms with Crippen molar-refractivity contribution in [2.24, 2.45) is 0 Å². The van der Waals surface area contributed by atoms with Crippen molar-refractivity contribution in [1.82, 2.24) is 4.31 Å². The van der Waals surface area contributed by atoms with Crippen molar-refractivity contribution < 1.29 is 21.6 Å². The number of rotatable bonds is 5. The van der Waals surface area contributed by atoms with Crippen molar-refractivity contribution in [3.05, 3.63) is 54.1 Å². The van der Waals surface area contributed by atoms with E-state index in [2.05, 4.69) is 0 Å². The SMILES string of the molecule is Cc1ccccc1Oc1ccc(S(=O)(=O)N2CCC(S(C)(=O)=O)C2)cc1. The number of hydrogen-bond acceptors (Lipinski definition) is 5. The minimum atomic E-state index is -3.72. The summed E-state index contributed by atoms with van der Waals surface area (Å²) in [6.07, 6.45) is 1.47. The van der Waals surface area contributed by atoms with E-state index in [-0.39, 0.29) is 18.0 Å². The molecule has 8 heteroatoms. The van der Waals surface area contributed by atoms with Gasteiger partial charge in [0.05, 0.1) is 10.1 Å². The highest BCUT2D eigenvalue weighted by Crippen LogP contribution is 2.28. The molecule has 2 aromatic carbocycles. The van der Waals surface area contributed by atoms with E-state index in [0.29, 0.717) is 17.9 Å². The third-order valence-corrected chi connectivity index (χ3v) is 7.97. The Morgan fingerprint density at radius 2 is 1.65 bits per heavy atom. The minimum absolute atomic E-state index is 0.00261. The molecule has 1 atom stereocenters. The van der Waals surface area contributed by atoms with E-state index in [1.807, 2.05) is 31.2 Å². The predicted octanol–water partition coefficient (Wildman–Crippen LogP) is 2.59. The lowest BCUT2D eigenvalue weighted by molar-refractivity contribution is 0.473. The van der Waals surface area contributed by atoms with Crippen LogP contribution in [0, 0.1) is 6.92 Å². The third kappa shape index (κ3) is 3.92. The Hall–Kier alpha value is -1.90. The largest absolute Gasteiger partial charge is 0.457 e. The van der Waals surface area contributed by atoms with Gasteiger partial charge < -0.3 is 4.74 Å². The van der Waals surface area contributed by atoms with Crippen LogP contribution >= 0.6 is 0 Å². The number of sulfonamides is 1. The van der Waals surface area contributed by atoms with Gasteiger partial charge in [0.2, 0.25) is 10.0 Å². The van der Waals surface area contributed by atoms with Crippen molar-refractivity contribution in [2.75, 3.05) is 19.3 Å². The zero-order valence-electron chi connectivity index (χ0n) is 14.6. The molecular formula is C18H21NO5S2. The molecule has 6 nitrogen and oxygen atoms in total. The van der Waals surface area contributed by atoms with Crippen LogP contribution in [0.25, 0.3) is 0 Å². The maximum atomic E-state index is 12.7. The summed E-state index contributed by atoms with van der Waals surface area (Å²) < 4.78 is 55.8. The number of benzene rings is 2. The average molecular weight is 396 g/mol. The van der Waals surface area contributed by atoms with Crippen LogP contribution in [0.5, 0.6) is 11.5 Å². The summed E-state index contributed by atoms with van der Waals surface area (Å²) in [4.78, 5) is 0.129. The Morgan fingerprint density at radius 1 is 1.00 bits per heavy atom. The molecule has 140 valence electrons. The van der Waals surface area contributed by atoms with E-state index in [1.165, 1.54) is 16.4 Å². The summed E-state index contributed by atoms with van der Waals surface area (Å²) >= 11 is 0. The second-order valence-electron chi connectivity index (χ2n) is 6.44. The molecule has 1 fully saturated rings. The highest BCUT2D eigenvalue weighted by molar-refractivity contribution is 7.91. The molecule has 1 saturated heterocycles. The number of hydrogen-bond donors (Lipinski definition) is 0. The molecule has 3 rings (SSSR count). The topological polar surface area (TPSA) is 80.8 Å². The average Bonchev–Trinajstić information content (AvgIpc) is 3.09. The summed E-state index contributed by atoms with van der Waals surface area (Å²) in [5, 5.41) is -0.638. The van der Waals surface area contributed by atoms with E-state index < -0.39 is 25.1 Å². The molecule has 2 aromatic rings. The summed E-state index contributed by atoms with van der Waals surface area (Å²) in [6, 6.07) is 13.7. The van der Waals surface area contributed by atoms with Crippen molar-refractivity contribution >= 4 is 19.9 Å². The quantitative estimate of drug-likeness (QED) is 0.777. The molecule has 0 saturated carbocycles. The van der Waals surface area contributed by atoms with Gasteiger partial charge in [0.25, 0.3) is 0 Å². The molecule has 1 aliphatic rings. The lowest BCUT2D eigenvalue weighted by Gasteiger charge is -2.16. The van der Waals surface area contributed by atoms with Gasteiger partial charge in [-0.15, -0.1) is 0 Å². The van der Waals surface area contributed by atoms with Crippen LogP contribution in [0.2, 0.25) is 0 Å². The monoisotopic (exact) mass is 395 g/mol. The van der Waals surface area contributed by atoms with Crippen molar-refractivity contribution in [3.8, 4) is 11.5 Å². The first-order valence-electron chi connectivity index (χ1n) is 8.20. The number of ether oxygens (including phenoxy) is 1. The van der Waals surface area contributed by atoms with E-state index >= 15 is 0 Å². The molecule has 0 aromatic heterocycles. The van der Waals surface area contributed by atoms with Crippen molar-refractivity contribution in [1.29, 1.82) is 0 Å². The molecule has 0 aliphatic carbocycles. The number of sulfone groups is 1. The van der Waals surface area contributed by atoms with Crippen LogP contribution in [-0.4, -0.2) is 45.7 Å². The summed E-state index contributed by atoms with van der Waals surface area (Å²) in [7, 11) is -6.97.